The van der Waals surface area contributed by atoms with Crippen molar-refractivity contribution in [3.05, 3.63) is 170 Å². The molecule has 0 spiro atoms. The Morgan fingerprint density at radius 3 is 1.48 bits per heavy atom. The highest BCUT2D eigenvalue weighted by atomic mass is 14.2. The predicted octanol–water partition coefficient (Wildman–Crippen LogP) is 13.7. The monoisotopic (exact) mass is 604 g/mol. The van der Waals surface area contributed by atoms with E-state index in [1.165, 1.54) is 108 Å². The second kappa shape index (κ2) is 9.64. The SMILES string of the molecule is c1ccc2c(c1)ccc1c2ccc2c3ccc(-c4ccc5ccc(-c6ccc7ccc8cccc9ccc6c7c89)cc5c4)cc3ccc21. The second-order valence-corrected chi connectivity index (χ2v) is 13.3. The van der Waals surface area contributed by atoms with E-state index in [4.69, 9.17) is 0 Å². The summed E-state index contributed by atoms with van der Waals surface area (Å²) in [5.41, 5.74) is 5.01. The minimum Gasteiger partial charge on any atom is -0.0616 e. The van der Waals surface area contributed by atoms with Crippen LogP contribution in [0.4, 0.5) is 0 Å². The molecule has 220 valence electrons. The molecular weight excluding hydrogens is 577 g/mol. The van der Waals surface area contributed by atoms with Gasteiger partial charge >= 0.3 is 0 Å². The molecule has 0 aliphatic carbocycles. The van der Waals surface area contributed by atoms with Crippen molar-refractivity contribution in [3.8, 4) is 22.3 Å². The van der Waals surface area contributed by atoms with Crippen LogP contribution in [-0.2, 0) is 0 Å². The Labute approximate surface area is 277 Å². The molecule has 0 saturated heterocycles. The van der Waals surface area contributed by atoms with Crippen molar-refractivity contribution in [2.24, 2.45) is 0 Å². The van der Waals surface area contributed by atoms with Gasteiger partial charge in [-0.05, 0) is 127 Å². The summed E-state index contributed by atoms with van der Waals surface area (Å²) in [5.74, 6) is 0. The maximum Gasteiger partial charge on any atom is -0.00206 e. The van der Waals surface area contributed by atoms with Gasteiger partial charge in [-0.1, -0.05) is 152 Å². The standard InChI is InChI=1S/C48H28/c1-2-7-39-30(4-1)14-21-44-42(39)24-25-43-40-20-17-35(26-37(40)18-22-45(43)44)34-12-8-29-9-13-36(28-38(29)27-34)41-19-15-33-11-10-31-5-3-6-32-16-23-46(41)48(33)47(31)32/h1-28H. The van der Waals surface area contributed by atoms with Crippen LogP contribution >= 0.6 is 0 Å². The van der Waals surface area contributed by atoms with Crippen molar-refractivity contribution in [2.45, 2.75) is 0 Å². The average molecular weight is 605 g/mol. The molecule has 0 amide bonds. The number of fused-ring (bicyclic) bond motifs is 8. The molecule has 0 heterocycles. The molecule has 48 heavy (non-hydrogen) atoms. The van der Waals surface area contributed by atoms with E-state index in [0.717, 1.165) is 0 Å². The van der Waals surface area contributed by atoms with Gasteiger partial charge in [-0.25, -0.2) is 0 Å². The first-order chi connectivity index (χ1) is 23.8. The van der Waals surface area contributed by atoms with Crippen LogP contribution in [0.25, 0.3) is 108 Å². The fourth-order valence-electron chi connectivity index (χ4n) is 8.41. The molecule has 0 bridgehead atoms. The van der Waals surface area contributed by atoms with E-state index in [1.54, 1.807) is 0 Å². The van der Waals surface area contributed by atoms with Crippen LogP contribution in [0.2, 0.25) is 0 Å². The molecule has 11 rings (SSSR count). The van der Waals surface area contributed by atoms with Gasteiger partial charge in [0, 0.05) is 0 Å². The first-order valence-corrected chi connectivity index (χ1v) is 16.7. The molecule has 0 radical (unpaired) electrons. The zero-order valence-electron chi connectivity index (χ0n) is 26.2. The molecule has 0 heteroatoms. The third-order valence-corrected chi connectivity index (χ3v) is 10.8. The van der Waals surface area contributed by atoms with Crippen LogP contribution in [0.15, 0.2) is 170 Å². The fourth-order valence-corrected chi connectivity index (χ4v) is 8.41. The lowest BCUT2D eigenvalue weighted by atomic mass is 9.89. The van der Waals surface area contributed by atoms with E-state index in [1.807, 2.05) is 0 Å². The van der Waals surface area contributed by atoms with E-state index >= 15 is 0 Å². The van der Waals surface area contributed by atoms with Crippen molar-refractivity contribution in [2.75, 3.05) is 0 Å². The Kier molecular flexibility index (Phi) is 5.20. The van der Waals surface area contributed by atoms with Gasteiger partial charge in [0.1, 0.15) is 0 Å². The van der Waals surface area contributed by atoms with Crippen LogP contribution in [0.3, 0.4) is 0 Å². The maximum absolute atomic E-state index is 2.37. The van der Waals surface area contributed by atoms with Crippen LogP contribution < -0.4 is 0 Å². The van der Waals surface area contributed by atoms with Gasteiger partial charge in [0.2, 0.25) is 0 Å². The van der Waals surface area contributed by atoms with Crippen molar-refractivity contribution >= 4 is 86.2 Å². The summed E-state index contributed by atoms with van der Waals surface area (Å²) < 4.78 is 0. The van der Waals surface area contributed by atoms with Gasteiger partial charge in [0.25, 0.3) is 0 Å². The molecule has 0 aliphatic heterocycles. The summed E-state index contributed by atoms with van der Waals surface area (Å²) in [6.07, 6.45) is 0. The summed E-state index contributed by atoms with van der Waals surface area (Å²) in [4.78, 5) is 0. The minimum absolute atomic E-state index is 1.24. The van der Waals surface area contributed by atoms with Crippen molar-refractivity contribution < 1.29 is 0 Å². The third kappa shape index (κ3) is 3.66. The van der Waals surface area contributed by atoms with E-state index in [9.17, 15) is 0 Å². The number of rotatable bonds is 2. The van der Waals surface area contributed by atoms with Gasteiger partial charge in [-0.2, -0.15) is 0 Å². The Bertz CT molecular complexity index is 3090. The summed E-state index contributed by atoms with van der Waals surface area (Å²) >= 11 is 0. The summed E-state index contributed by atoms with van der Waals surface area (Å²) in [6.45, 7) is 0. The number of hydrogen-bond acceptors (Lipinski definition) is 0. The molecule has 0 N–H and O–H groups in total. The molecule has 0 fully saturated rings. The Morgan fingerprint density at radius 2 is 0.667 bits per heavy atom. The molecule has 0 unspecified atom stereocenters. The molecule has 0 saturated carbocycles. The molecule has 0 aromatic heterocycles. The minimum atomic E-state index is 1.24. The maximum atomic E-state index is 2.37. The van der Waals surface area contributed by atoms with Crippen LogP contribution in [0, 0.1) is 0 Å². The zero-order chi connectivity index (χ0) is 31.3. The lowest BCUT2D eigenvalue weighted by Gasteiger charge is -2.15. The third-order valence-electron chi connectivity index (χ3n) is 10.8. The summed E-state index contributed by atoms with van der Waals surface area (Å²) in [5, 5.41) is 20.9. The van der Waals surface area contributed by atoms with Crippen molar-refractivity contribution in [1.82, 2.24) is 0 Å². The smallest absolute Gasteiger partial charge is 0.00206 e. The van der Waals surface area contributed by atoms with Crippen LogP contribution in [0.1, 0.15) is 0 Å². The molecular formula is C48H28. The van der Waals surface area contributed by atoms with Gasteiger partial charge in [-0.15, -0.1) is 0 Å². The molecule has 0 nitrogen and oxygen atoms in total. The molecule has 11 aromatic carbocycles. The number of hydrogen-bond donors (Lipinski definition) is 0. The highest BCUT2D eigenvalue weighted by molar-refractivity contribution is 6.26. The van der Waals surface area contributed by atoms with E-state index in [2.05, 4.69) is 170 Å². The van der Waals surface area contributed by atoms with Gasteiger partial charge < -0.3 is 0 Å². The normalized spacial score (nSPS) is 12.2. The van der Waals surface area contributed by atoms with Crippen LogP contribution in [-0.4, -0.2) is 0 Å². The highest BCUT2D eigenvalue weighted by Crippen LogP contribution is 2.41. The largest absolute Gasteiger partial charge is 0.0616 e. The molecule has 0 aliphatic rings. The lowest BCUT2D eigenvalue weighted by molar-refractivity contribution is 1.67. The Hall–Kier alpha value is -6.24. The first-order valence-electron chi connectivity index (χ1n) is 16.7. The zero-order valence-corrected chi connectivity index (χ0v) is 26.2. The van der Waals surface area contributed by atoms with Gasteiger partial charge in [-0.3, -0.25) is 0 Å². The van der Waals surface area contributed by atoms with E-state index < -0.39 is 0 Å². The quantitative estimate of drug-likeness (QED) is 0.172. The summed E-state index contributed by atoms with van der Waals surface area (Å²) in [7, 11) is 0. The summed E-state index contributed by atoms with van der Waals surface area (Å²) in [6, 6.07) is 63.5. The van der Waals surface area contributed by atoms with E-state index in [-0.39, 0.29) is 0 Å². The Balaban J connectivity index is 1.03. The fraction of sp³-hybridized carbons (Fsp3) is 0. The van der Waals surface area contributed by atoms with Crippen molar-refractivity contribution in [1.29, 1.82) is 0 Å². The molecule has 11 aromatic rings. The van der Waals surface area contributed by atoms with Gasteiger partial charge in [0.15, 0.2) is 0 Å². The van der Waals surface area contributed by atoms with Crippen LogP contribution in [0.5, 0.6) is 0 Å². The Morgan fingerprint density at radius 1 is 0.208 bits per heavy atom. The van der Waals surface area contributed by atoms with Crippen molar-refractivity contribution in [3.63, 3.8) is 0 Å². The first kappa shape index (κ1) is 25.9. The lowest BCUT2D eigenvalue weighted by Crippen LogP contribution is -1.87. The highest BCUT2D eigenvalue weighted by Gasteiger charge is 2.13. The van der Waals surface area contributed by atoms with E-state index in [0.29, 0.717) is 0 Å². The van der Waals surface area contributed by atoms with Gasteiger partial charge in [0.05, 0.1) is 0 Å². The predicted molar refractivity (Wildman–Crippen MR) is 209 cm³/mol. The topological polar surface area (TPSA) is 0 Å². The number of benzene rings is 11. The molecule has 0 atom stereocenters. The average Bonchev–Trinajstić information content (AvgIpc) is 3.15. The second-order valence-electron chi connectivity index (χ2n) is 13.3.